The molecule has 1 N–H and O–H groups in total. The second kappa shape index (κ2) is 6.49. The molecule has 0 spiro atoms. The van der Waals surface area contributed by atoms with Gasteiger partial charge in [-0.25, -0.2) is 12.7 Å². The van der Waals surface area contributed by atoms with Crippen molar-refractivity contribution >= 4 is 15.9 Å². The van der Waals surface area contributed by atoms with E-state index in [9.17, 15) is 13.2 Å². The maximum atomic E-state index is 11.6. The Hall–Kier alpha value is -0.660. The molecule has 0 aromatic rings. The van der Waals surface area contributed by atoms with Gasteiger partial charge in [-0.15, -0.1) is 0 Å². The fourth-order valence-corrected chi connectivity index (χ4v) is 3.03. The molecule has 0 bridgehead atoms. The highest BCUT2D eigenvalue weighted by atomic mass is 32.2. The van der Waals surface area contributed by atoms with Gasteiger partial charge in [-0.1, -0.05) is 6.92 Å². The van der Waals surface area contributed by atoms with Crippen LogP contribution in [0.1, 0.15) is 19.8 Å². The van der Waals surface area contributed by atoms with Gasteiger partial charge < -0.3 is 10.2 Å². The lowest BCUT2D eigenvalue weighted by Gasteiger charge is -2.18. The Morgan fingerprint density at radius 1 is 1.50 bits per heavy atom. The highest BCUT2D eigenvalue weighted by molar-refractivity contribution is 7.88. The number of hydrogen-bond donors (Lipinski definition) is 1. The van der Waals surface area contributed by atoms with Crippen LogP contribution in [0.2, 0.25) is 0 Å². The van der Waals surface area contributed by atoms with E-state index in [0.29, 0.717) is 26.1 Å². The van der Waals surface area contributed by atoms with Crippen LogP contribution in [0.15, 0.2) is 0 Å². The van der Waals surface area contributed by atoms with Crippen LogP contribution in [-0.2, 0) is 14.8 Å². The number of carbonyl (C=O) groups is 1. The maximum Gasteiger partial charge on any atom is 0.239 e. The van der Waals surface area contributed by atoms with Gasteiger partial charge in [-0.3, -0.25) is 4.79 Å². The molecule has 1 saturated heterocycles. The van der Waals surface area contributed by atoms with E-state index in [1.54, 1.807) is 11.9 Å². The lowest BCUT2D eigenvalue weighted by atomic mass is 10.2. The highest BCUT2D eigenvalue weighted by Gasteiger charge is 2.28. The molecule has 1 heterocycles. The molecular weight excluding hydrogens is 254 g/mol. The van der Waals surface area contributed by atoms with Crippen molar-refractivity contribution in [3.05, 3.63) is 0 Å². The summed E-state index contributed by atoms with van der Waals surface area (Å²) in [6, 6.07) is -0.0942. The van der Waals surface area contributed by atoms with Gasteiger partial charge in [0, 0.05) is 26.7 Å². The summed E-state index contributed by atoms with van der Waals surface area (Å²) in [4.78, 5) is 13.3. The molecular formula is C11H23N3O3S. The van der Waals surface area contributed by atoms with Crippen LogP contribution in [0, 0.1) is 0 Å². The molecule has 1 fully saturated rings. The predicted molar refractivity (Wildman–Crippen MR) is 70.8 cm³/mol. The summed E-state index contributed by atoms with van der Waals surface area (Å²) in [6.45, 7) is 4.27. The predicted octanol–water partition coefficient (Wildman–Crippen LogP) is -0.522. The third-order valence-electron chi connectivity index (χ3n) is 3.22. The Morgan fingerprint density at radius 2 is 2.17 bits per heavy atom. The molecule has 6 nitrogen and oxygen atoms in total. The Bertz CT molecular complexity index is 383. The summed E-state index contributed by atoms with van der Waals surface area (Å²) in [5.74, 6) is 0.130. The maximum absolute atomic E-state index is 11.6. The topological polar surface area (TPSA) is 69.7 Å². The molecule has 0 saturated carbocycles. The van der Waals surface area contributed by atoms with Gasteiger partial charge in [0.05, 0.1) is 12.3 Å². The van der Waals surface area contributed by atoms with Gasteiger partial charge in [-0.05, 0) is 19.4 Å². The first-order chi connectivity index (χ1) is 8.36. The molecule has 7 heteroatoms. The van der Waals surface area contributed by atoms with E-state index >= 15 is 0 Å². The van der Waals surface area contributed by atoms with Crippen molar-refractivity contribution in [3.63, 3.8) is 0 Å². The van der Waals surface area contributed by atoms with Gasteiger partial charge >= 0.3 is 0 Å². The van der Waals surface area contributed by atoms with Crippen LogP contribution in [0.25, 0.3) is 0 Å². The van der Waals surface area contributed by atoms with E-state index in [1.165, 1.54) is 10.6 Å². The van der Waals surface area contributed by atoms with Crippen molar-refractivity contribution in [2.24, 2.45) is 0 Å². The Morgan fingerprint density at radius 3 is 2.61 bits per heavy atom. The van der Waals surface area contributed by atoms with E-state index in [0.717, 1.165) is 13.0 Å². The average Bonchev–Trinajstić information content (AvgIpc) is 2.59. The number of carbonyl (C=O) groups excluding carboxylic acids is 1. The monoisotopic (exact) mass is 277 g/mol. The van der Waals surface area contributed by atoms with Gasteiger partial charge in [0.25, 0.3) is 0 Å². The summed E-state index contributed by atoms with van der Waals surface area (Å²) >= 11 is 0. The zero-order chi connectivity index (χ0) is 13.8. The molecule has 1 aliphatic rings. The third kappa shape index (κ3) is 4.22. The van der Waals surface area contributed by atoms with Gasteiger partial charge in [0.1, 0.15) is 0 Å². The number of sulfonamides is 1. The largest absolute Gasteiger partial charge is 0.344 e. The minimum absolute atomic E-state index is 0.0942. The number of nitrogens with one attached hydrogen (secondary N) is 1. The molecule has 0 aliphatic carbocycles. The lowest BCUT2D eigenvalue weighted by molar-refractivity contribution is -0.128. The molecule has 18 heavy (non-hydrogen) atoms. The van der Waals surface area contributed by atoms with Crippen LogP contribution in [0.4, 0.5) is 0 Å². The number of likely N-dealkylation sites (tertiary alicyclic amines) is 1. The van der Waals surface area contributed by atoms with E-state index in [-0.39, 0.29) is 11.9 Å². The number of amides is 1. The first kappa shape index (κ1) is 15.4. The molecule has 0 radical (unpaired) electrons. The molecule has 1 aliphatic heterocycles. The Balaban J connectivity index is 2.25. The SMILES string of the molecule is CCN(CCCNC1CCN(C)C1=O)S(C)(=O)=O. The quantitative estimate of drug-likeness (QED) is 0.636. The van der Waals surface area contributed by atoms with Crippen LogP contribution in [0.3, 0.4) is 0 Å². The van der Waals surface area contributed by atoms with Crippen molar-refractivity contribution < 1.29 is 13.2 Å². The third-order valence-corrected chi connectivity index (χ3v) is 4.60. The van der Waals surface area contributed by atoms with Crippen molar-refractivity contribution in [1.82, 2.24) is 14.5 Å². The smallest absolute Gasteiger partial charge is 0.239 e. The molecule has 1 atom stereocenters. The summed E-state index contributed by atoms with van der Waals surface area (Å²) in [7, 11) is -1.31. The second-order valence-corrected chi connectivity index (χ2v) is 6.65. The van der Waals surface area contributed by atoms with Crippen LogP contribution >= 0.6 is 0 Å². The molecule has 0 aromatic carbocycles. The van der Waals surface area contributed by atoms with Gasteiger partial charge in [-0.2, -0.15) is 0 Å². The zero-order valence-electron chi connectivity index (χ0n) is 11.3. The molecule has 1 amide bonds. The first-order valence-electron chi connectivity index (χ1n) is 6.29. The molecule has 1 rings (SSSR count). The average molecular weight is 277 g/mol. The number of nitrogens with zero attached hydrogens (tertiary/aromatic N) is 2. The zero-order valence-corrected chi connectivity index (χ0v) is 12.2. The molecule has 1 unspecified atom stereocenters. The lowest BCUT2D eigenvalue weighted by Crippen LogP contribution is -2.39. The fourth-order valence-electron chi connectivity index (χ4n) is 2.10. The van der Waals surface area contributed by atoms with Crippen molar-refractivity contribution in [2.45, 2.75) is 25.8 Å². The minimum Gasteiger partial charge on any atom is -0.344 e. The van der Waals surface area contributed by atoms with Crippen molar-refractivity contribution in [3.8, 4) is 0 Å². The standard InChI is InChI=1S/C11H23N3O3S/c1-4-14(18(3,16)17)8-5-7-12-10-6-9-13(2)11(10)15/h10,12H,4-9H2,1-3H3. The highest BCUT2D eigenvalue weighted by Crippen LogP contribution is 2.08. The van der Waals surface area contributed by atoms with Gasteiger partial charge in [0.2, 0.25) is 15.9 Å². The second-order valence-electron chi connectivity index (χ2n) is 4.66. The number of hydrogen-bond acceptors (Lipinski definition) is 4. The number of rotatable bonds is 7. The van der Waals surface area contributed by atoms with E-state index in [2.05, 4.69) is 5.32 Å². The van der Waals surface area contributed by atoms with E-state index in [4.69, 9.17) is 0 Å². The summed E-state index contributed by atoms with van der Waals surface area (Å²) in [6.07, 6.45) is 2.77. The summed E-state index contributed by atoms with van der Waals surface area (Å²) < 4.78 is 24.1. The van der Waals surface area contributed by atoms with Crippen LogP contribution in [0.5, 0.6) is 0 Å². The Kier molecular flexibility index (Phi) is 5.55. The van der Waals surface area contributed by atoms with E-state index in [1.807, 2.05) is 6.92 Å². The van der Waals surface area contributed by atoms with Crippen LogP contribution in [-0.4, -0.2) is 69.1 Å². The summed E-state index contributed by atoms with van der Waals surface area (Å²) in [5.41, 5.74) is 0. The van der Waals surface area contributed by atoms with Crippen LogP contribution < -0.4 is 5.32 Å². The van der Waals surface area contributed by atoms with Crippen molar-refractivity contribution in [2.75, 3.05) is 39.5 Å². The minimum atomic E-state index is -3.10. The number of likely N-dealkylation sites (N-methyl/N-ethyl adjacent to an activating group) is 1. The van der Waals surface area contributed by atoms with Gasteiger partial charge in [0.15, 0.2) is 0 Å². The van der Waals surface area contributed by atoms with E-state index < -0.39 is 10.0 Å². The first-order valence-corrected chi connectivity index (χ1v) is 8.14. The fraction of sp³-hybridized carbons (Fsp3) is 0.909. The molecule has 0 aromatic heterocycles. The normalized spacial score (nSPS) is 21.0. The molecule has 106 valence electrons. The summed E-state index contributed by atoms with van der Waals surface area (Å²) in [5, 5.41) is 3.18. The Labute approximate surface area is 109 Å². The van der Waals surface area contributed by atoms with Crippen molar-refractivity contribution in [1.29, 1.82) is 0 Å².